The fourth-order valence-electron chi connectivity index (χ4n) is 3.54. The van der Waals surface area contributed by atoms with E-state index in [4.69, 9.17) is 14.7 Å². The fraction of sp³-hybridized carbons (Fsp3) is 0.304. The smallest absolute Gasteiger partial charge is 0.257 e. The Morgan fingerprint density at radius 2 is 1.81 bits per heavy atom. The van der Waals surface area contributed by atoms with Gasteiger partial charge in [0.05, 0.1) is 30.3 Å². The van der Waals surface area contributed by atoms with Gasteiger partial charge in [0.15, 0.2) is 6.29 Å². The molecule has 0 aliphatic carbocycles. The molecule has 8 nitrogen and oxygen atoms in total. The number of hydrogen-bond donors (Lipinski definition) is 0. The van der Waals surface area contributed by atoms with Crippen LogP contribution in [0.4, 0.5) is 5.69 Å². The molecule has 1 aliphatic rings. The van der Waals surface area contributed by atoms with Gasteiger partial charge in [0, 0.05) is 19.8 Å². The molecule has 8 heteroatoms. The lowest BCUT2D eigenvalue weighted by Gasteiger charge is -2.30. The third-order valence-electron chi connectivity index (χ3n) is 5.26. The molecule has 1 unspecified atom stereocenters. The van der Waals surface area contributed by atoms with Gasteiger partial charge in [0.25, 0.3) is 11.8 Å². The minimum atomic E-state index is -0.997. The van der Waals surface area contributed by atoms with Crippen molar-refractivity contribution in [2.24, 2.45) is 0 Å². The molecule has 1 atom stereocenters. The highest BCUT2D eigenvalue weighted by Gasteiger charge is 2.45. The monoisotopic (exact) mass is 421 g/mol. The molecule has 1 fully saturated rings. The number of anilines is 1. The highest BCUT2D eigenvalue weighted by Crippen LogP contribution is 2.27. The molecule has 3 rings (SSSR count). The number of rotatable bonds is 7. The van der Waals surface area contributed by atoms with Gasteiger partial charge in [-0.25, -0.2) is 4.90 Å². The zero-order chi connectivity index (χ0) is 22.5. The number of hydrogen-bond acceptors (Lipinski definition) is 6. The van der Waals surface area contributed by atoms with Gasteiger partial charge in [0.1, 0.15) is 6.04 Å². The number of carbonyl (C=O) groups is 3. The Morgan fingerprint density at radius 1 is 1.16 bits per heavy atom. The molecule has 1 aliphatic heterocycles. The Labute approximate surface area is 180 Å². The normalized spacial score (nSPS) is 16.0. The van der Waals surface area contributed by atoms with E-state index in [0.717, 1.165) is 10.5 Å². The topological polar surface area (TPSA) is 99.9 Å². The second-order valence-corrected chi connectivity index (χ2v) is 7.12. The quantitative estimate of drug-likeness (QED) is 0.502. The molecule has 1 heterocycles. The van der Waals surface area contributed by atoms with E-state index in [1.165, 1.54) is 43.4 Å². The van der Waals surface area contributed by atoms with E-state index < -0.39 is 24.1 Å². The van der Waals surface area contributed by atoms with Crippen LogP contribution >= 0.6 is 0 Å². The van der Waals surface area contributed by atoms with E-state index in [2.05, 4.69) is 0 Å². The predicted molar refractivity (Wildman–Crippen MR) is 112 cm³/mol. The maximum atomic E-state index is 13.4. The molecular weight excluding hydrogens is 398 g/mol. The SMILES string of the molecule is COC(CN(C(=O)c1ccccc1C)C1CC(=O)N(c2ccc(C#N)cc2)C1=O)OC. The Kier molecular flexibility index (Phi) is 6.80. The first-order valence-corrected chi connectivity index (χ1v) is 9.70. The Balaban J connectivity index is 1.95. The number of carbonyl (C=O) groups excluding carboxylic acids is 3. The van der Waals surface area contributed by atoms with E-state index in [9.17, 15) is 14.4 Å². The van der Waals surface area contributed by atoms with Crippen LogP contribution in [0.1, 0.15) is 27.9 Å². The lowest BCUT2D eigenvalue weighted by Crippen LogP contribution is -2.49. The van der Waals surface area contributed by atoms with E-state index in [-0.39, 0.29) is 18.9 Å². The Morgan fingerprint density at radius 3 is 2.39 bits per heavy atom. The average Bonchev–Trinajstić information content (AvgIpc) is 3.08. The minimum absolute atomic E-state index is 0.0228. The van der Waals surface area contributed by atoms with Crippen molar-refractivity contribution in [1.29, 1.82) is 5.26 Å². The van der Waals surface area contributed by atoms with Gasteiger partial charge in [-0.1, -0.05) is 18.2 Å². The number of nitrogens with zero attached hydrogens (tertiary/aromatic N) is 3. The molecule has 2 aromatic rings. The molecule has 0 aromatic heterocycles. The molecule has 0 N–H and O–H groups in total. The third kappa shape index (κ3) is 4.48. The van der Waals surface area contributed by atoms with Crippen molar-refractivity contribution < 1.29 is 23.9 Å². The number of ether oxygens (including phenoxy) is 2. The average molecular weight is 421 g/mol. The van der Waals surface area contributed by atoms with Crippen LogP contribution in [-0.4, -0.2) is 55.7 Å². The second-order valence-electron chi connectivity index (χ2n) is 7.12. The van der Waals surface area contributed by atoms with Gasteiger partial charge in [0.2, 0.25) is 5.91 Å². The molecule has 0 bridgehead atoms. The number of benzene rings is 2. The summed E-state index contributed by atoms with van der Waals surface area (Å²) in [6.07, 6.45) is -0.920. The molecule has 0 spiro atoms. The summed E-state index contributed by atoms with van der Waals surface area (Å²) in [6, 6.07) is 14.2. The lowest BCUT2D eigenvalue weighted by atomic mass is 10.1. The Hall–Kier alpha value is -3.54. The van der Waals surface area contributed by atoms with Crippen molar-refractivity contribution in [1.82, 2.24) is 4.90 Å². The van der Waals surface area contributed by atoms with Crippen molar-refractivity contribution in [2.75, 3.05) is 25.7 Å². The standard InChI is InChI=1S/C23H23N3O5/c1-15-6-4-5-7-18(15)22(28)25(14-21(30-2)31-3)19-12-20(27)26(23(19)29)17-10-8-16(13-24)9-11-17/h4-11,19,21H,12,14H2,1-3H3. The summed E-state index contributed by atoms with van der Waals surface area (Å²) in [7, 11) is 2.88. The summed E-state index contributed by atoms with van der Waals surface area (Å²) in [5, 5.41) is 8.97. The first-order chi connectivity index (χ1) is 14.9. The molecule has 1 saturated heterocycles. The summed E-state index contributed by atoms with van der Waals surface area (Å²) in [4.78, 5) is 41.8. The summed E-state index contributed by atoms with van der Waals surface area (Å²) in [5.74, 6) is -1.32. The van der Waals surface area contributed by atoms with Crippen LogP contribution in [0.15, 0.2) is 48.5 Å². The molecule has 31 heavy (non-hydrogen) atoms. The van der Waals surface area contributed by atoms with E-state index in [0.29, 0.717) is 16.8 Å². The molecule has 160 valence electrons. The van der Waals surface area contributed by atoms with Crippen molar-refractivity contribution >= 4 is 23.4 Å². The van der Waals surface area contributed by atoms with Gasteiger partial charge in [-0.05, 0) is 42.8 Å². The van der Waals surface area contributed by atoms with E-state index in [1.54, 1.807) is 25.1 Å². The van der Waals surface area contributed by atoms with Crippen LogP contribution < -0.4 is 4.90 Å². The summed E-state index contributed by atoms with van der Waals surface area (Å²) >= 11 is 0. The largest absolute Gasteiger partial charge is 0.354 e. The zero-order valence-electron chi connectivity index (χ0n) is 17.6. The van der Waals surface area contributed by atoms with E-state index in [1.807, 2.05) is 12.1 Å². The number of nitriles is 1. The highest BCUT2D eigenvalue weighted by molar-refractivity contribution is 6.23. The number of amides is 3. The maximum Gasteiger partial charge on any atom is 0.257 e. The second kappa shape index (κ2) is 9.51. The van der Waals surface area contributed by atoms with Gasteiger partial charge >= 0.3 is 0 Å². The van der Waals surface area contributed by atoms with Crippen LogP contribution in [0.2, 0.25) is 0 Å². The van der Waals surface area contributed by atoms with Gasteiger partial charge in [-0.3, -0.25) is 14.4 Å². The van der Waals surface area contributed by atoms with Crippen molar-refractivity contribution in [3.8, 4) is 6.07 Å². The molecular formula is C23H23N3O5. The number of methoxy groups -OCH3 is 2. The van der Waals surface area contributed by atoms with Gasteiger partial charge < -0.3 is 14.4 Å². The van der Waals surface area contributed by atoms with Crippen LogP contribution in [0.25, 0.3) is 0 Å². The zero-order valence-corrected chi connectivity index (χ0v) is 17.6. The number of aryl methyl sites for hydroxylation is 1. The summed E-state index contributed by atoms with van der Waals surface area (Å²) in [6.45, 7) is 1.78. The maximum absolute atomic E-state index is 13.4. The number of imide groups is 1. The molecule has 2 aromatic carbocycles. The van der Waals surface area contributed by atoms with Crippen LogP contribution in [0.3, 0.4) is 0 Å². The first-order valence-electron chi connectivity index (χ1n) is 9.70. The van der Waals surface area contributed by atoms with Gasteiger partial charge in [-0.2, -0.15) is 5.26 Å². The Bertz CT molecular complexity index is 1020. The summed E-state index contributed by atoms with van der Waals surface area (Å²) in [5.41, 5.74) is 1.96. The van der Waals surface area contributed by atoms with Crippen LogP contribution in [0, 0.1) is 18.3 Å². The lowest BCUT2D eigenvalue weighted by molar-refractivity contribution is -0.128. The first kappa shape index (κ1) is 22.2. The van der Waals surface area contributed by atoms with Crippen molar-refractivity contribution in [3.05, 3.63) is 65.2 Å². The fourth-order valence-corrected chi connectivity index (χ4v) is 3.54. The van der Waals surface area contributed by atoms with E-state index >= 15 is 0 Å². The molecule has 0 saturated carbocycles. The molecule has 3 amide bonds. The summed E-state index contributed by atoms with van der Waals surface area (Å²) < 4.78 is 10.5. The predicted octanol–water partition coefficient (Wildman–Crippen LogP) is 2.26. The van der Waals surface area contributed by atoms with Gasteiger partial charge in [-0.15, -0.1) is 0 Å². The minimum Gasteiger partial charge on any atom is -0.354 e. The van der Waals surface area contributed by atoms with Crippen molar-refractivity contribution in [3.63, 3.8) is 0 Å². The highest BCUT2D eigenvalue weighted by atomic mass is 16.7. The third-order valence-corrected chi connectivity index (χ3v) is 5.26. The van der Waals surface area contributed by atoms with Crippen LogP contribution in [-0.2, 0) is 19.1 Å². The van der Waals surface area contributed by atoms with Crippen molar-refractivity contribution in [2.45, 2.75) is 25.7 Å². The van der Waals surface area contributed by atoms with Crippen LogP contribution in [0.5, 0.6) is 0 Å². The molecule has 0 radical (unpaired) electrons.